The van der Waals surface area contributed by atoms with Crippen LogP contribution in [0.2, 0.25) is 0 Å². The molecule has 1 saturated heterocycles. The molecule has 34 heavy (non-hydrogen) atoms. The molecule has 0 spiro atoms. The Balaban J connectivity index is 1.72. The van der Waals surface area contributed by atoms with E-state index in [4.69, 9.17) is 22.3 Å². The summed E-state index contributed by atoms with van der Waals surface area (Å²) in [5, 5.41) is 0.854. The molecule has 1 fully saturated rings. The van der Waals surface area contributed by atoms with Gasteiger partial charge in [-0.25, -0.2) is 19.2 Å². The molecule has 0 saturated carbocycles. The zero-order valence-corrected chi connectivity index (χ0v) is 19.3. The molecule has 0 radical (unpaired) electrons. The van der Waals surface area contributed by atoms with Crippen LogP contribution in [-0.2, 0) is 0 Å². The number of benzene rings is 3. The van der Waals surface area contributed by atoms with Crippen LogP contribution in [0, 0.1) is 26.2 Å². The maximum Gasteiger partial charge on any atom is 0.226 e. The van der Waals surface area contributed by atoms with Gasteiger partial charge in [0.2, 0.25) is 11.6 Å². The lowest BCUT2D eigenvalue weighted by atomic mass is 9.94. The van der Waals surface area contributed by atoms with Gasteiger partial charge in [-0.3, -0.25) is 0 Å². The van der Waals surface area contributed by atoms with E-state index < -0.39 is 5.82 Å². The molecule has 3 aromatic carbocycles. The third-order valence-corrected chi connectivity index (χ3v) is 6.62. The van der Waals surface area contributed by atoms with Crippen LogP contribution < -0.4 is 10.6 Å². The lowest BCUT2D eigenvalue weighted by Crippen LogP contribution is -2.40. The van der Waals surface area contributed by atoms with Crippen molar-refractivity contribution >= 4 is 22.5 Å². The van der Waals surface area contributed by atoms with Crippen LogP contribution in [0.25, 0.3) is 38.1 Å². The summed E-state index contributed by atoms with van der Waals surface area (Å²) in [6.45, 7) is 13.0. The normalized spacial score (nSPS) is 14.4. The van der Waals surface area contributed by atoms with Crippen molar-refractivity contribution in [2.45, 2.75) is 32.7 Å². The molecule has 1 aromatic heterocycles. The first-order valence-corrected chi connectivity index (χ1v) is 11.5. The molecule has 1 aliphatic rings. The topological polar surface area (TPSA) is 59.4 Å². The monoisotopic (exact) mass is 451 g/mol. The Hall–Kier alpha value is -3.82. The van der Waals surface area contributed by atoms with Gasteiger partial charge in [0.15, 0.2) is 0 Å². The van der Waals surface area contributed by atoms with E-state index >= 15 is 0 Å². The molecule has 4 aromatic rings. The van der Waals surface area contributed by atoms with Gasteiger partial charge in [0, 0.05) is 30.1 Å². The number of nitrogens with zero attached hydrogens (tertiary/aromatic N) is 4. The number of piperidine rings is 1. The summed E-state index contributed by atoms with van der Waals surface area (Å²) in [5.74, 6) is 0.0829. The van der Waals surface area contributed by atoms with E-state index in [9.17, 15) is 4.39 Å². The second-order valence-corrected chi connectivity index (χ2v) is 8.97. The van der Waals surface area contributed by atoms with E-state index in [1.54, 1.807) is 6.07 Å². The standard InChI is InChI=1S/C28H26FN5/c1-17-5-4-6-18(2)26(17)19-7-9-24-22(15-19)27(20-8-10-25(31-3)23(29)16-20)33-28(32-24)34-13-11-21(30)12-14-34/h4-10,15-16,21H,11-14,30H2,1-2H3. The van der Waals surface area contributed by atoms with E-state index in [2.05, 4.69) is 53.9 Å². The molecule has 0 aliphatic carbocycles. The summed E-state index contributed by atoms with van der Waals surface area (Å²) in [4.78, 5) is 15.2. The van der Waals surface area contributed by atoms with E-state index in [1.165, 1.54) is 28.8 Å². The number of aryl methyl sites for hydroxylation is 2. The second-order valence-electron chi connectivity index (χ2n) is 8.97. The molecular formula is C28H26FN5. The van der Waals surface area contributed by atoms with Crippen LogP contribution in [0.3, 0.4) is 0 Å². The van der Waals surface area contributed by atoms with Gasteiger partial charge in [-0.1, -0.05) is 36.4 Å². The highest BCUT2D eigenvalue weighted by atomic mass is 19.1. The van der Waals surface area contributed by atoms with Crippen LogP contribution in [0.1, 0.15) is 24.0 Å². The number of aromatic nitrogens is 2. The van der Waals surface area contributed by atoms with E-state index in [0.717, 1.165) is 42.4 Å². The highest BCUT2D eigenvalue weighted by Crippen LogP contribution is 2.35. The molecular weight excluding hydrogens is 425 g/mol. The Morgan fingerprint density at radius 2 is 1.68 bits per heavy atom. The Bertz CT molecular complexity index is 1410. The van der Waals surface area contributed by atoms with Crippen molar-refractivity contribution in [1.82, 2.24) is 9.97 Å². The van der Waals surface area contributed by atoms with Crippen molar-refractivity contribution in [3.8, 4) is 22.4 Å². The van der Waals surface area contributed by atoms with Gasteiger partial charge in [0.1, 0.15) is 5.82 Å². The minimum atomic E-state index is -0.546. The van der Waals surface area contributed by atoms with Crippen molar-refractivity contribution in [1.29, 1.82) is 0 Å². The molecule has 2 N–H and O–H groups in total. The van der Waals surface area contributed by atoms with Crippen LogP contribution in [-0.4, -0.2) is 29.1 Å². The van der Waals surface area contributed by atoms with Crippen LogP contribution in [0.5, 0.6) is 0 Å². The molecule has 2 heterocycles. The number of nitrogens with two attached hydrogens (primary N) is 1. The van der Waals surface area contributed by atoms with Gasteiger partial charge in [-0.2, -0.15) is 0 Å². The number of hydrogen-bond donors (Lipinski definition) is 1. The van der Waals surface area contributed by atoms with Crippen LogP contribution in [0.4, 0.5) is 16.0 Å². The lowest BCUT2D eigenvalue weighted by molar-refractivity contribution is 0.496. The third kappa shape index (κ3) is 4.00. The smallest absolute Gasteiger partial charge is 0.226 e. The highest BCUT2D eigenvalue weighted by molar-refractivity contribution is 5.96. The average Bonchev–Trinajstić information content (AvgIpc) is 2.83. The first-order valence-electron chi connectivity index (χ1n) is 11.5. The molecule has 1 aliphatic heterocycles. The van der Waals surface area contributed by atoms with E-state index in [-0.39, 0.29) is 11.7 Å². The molecule has 0 amide bonds. The number of fused-ring (bicyclic) bond motifs is 1. The minimum absolute atomic E-state index is 0.00331. The van der Waals surface area contributed by atoms with Crippen molar-refractivity contribution in [3.05, 3.63) is 83.0 Å². The summed E-state index contributed by atoms with van der Waals surface area (Å²) >= 11 is 0. The Morgan fingerprint density at radius 3 is 2.35 bits per heavy atom. The molecule has 0 unspecified atom stereocenters. The van der Waals surface area contributed by atoms with Gasteiger partial charge in [0.25, 0.3) is 0 Å². The van der Waals surface area contributed by atoms with Gasteiger partial charge < -0.3 is 10.6 Å². The zero-order chi connectivity index (χ0) is 23.8. The average molecular weight is 452 g/mol. The summed E-state index contributed by atoms with van der Waals surface area (Å²) < 4.78 is 14.6. The van der Waals surface area contributed by atoms with Gasteiger partial charge in [-0.05, 0) is 67.1 Å². The van der Waals surface area contributed by atoms with Crippen molar-refractivity contribution in [3.63, 3.8) is 0 Å². The lowest BCUT2D eigenvalue weighted by Gasteiger charge is -2.30. The van der Waals surface area contributed by atoms with Gasteiger partial charge in [0.05, 0.1) is 17.8 Å². The largest absolute Gasteiger partial charge is 0.341 e. The number of rotatable bonds is 3. The quantitative estimate of drug-likeness (QED) is 0.377. The molecule has 170 valence electrons. The fraction of sp³-hybridized carbons (Fsp3) is 0.250. The summed E-state index contributed by atoms with van der Waals surface area (Å²) in [5.41, 5.74) is 12.8. The fourth-order valence-electron chi connectivity index (χ4n) is 4.75. The highest BCUT2D eigenvalue weighted by Gasteiger charge is 2.21. The predicted molar refractivity (Wildman–Crippen MR) is 136 cm³/mol. The number of anilines is 1. The van der Waals surface area contributed by atoms with E-state index in [1.807, 2.05) is 6.07 Å². The maximum atomic E-state index is 14.6. The Labute approximate surface area is 198 Å². The van der Waals surface area contributed by atoms with Crippen molar-refractivity contribution in [2.75, 3.05) is 18.0 Å². The number of hydrogen-bond acceptors (Lipinski definition) is 4. The first kappa shape index (κ1) is 22.0. The second kappa shape index (κ2) is 8.85. The van der Waals surface area contributed by atoms with Crippen LogP contribution >= 0.6 is 0 Å². The summed E-state index contributed by atoms with van der Waals surface area (Å²) in [6, 6.07) is 17.3. The van der Waals surface area contributed by atoms with E-state index in [0.29, 0.717) is 17.2 Å². The predicted octanol–water partition coefficient (Wildman–Crippen LogP) is 6.20. The van der Waals surface area contributed by atoms with Crippen molar-refractivity contribution < 1.29 is 4.39 Å². The minimum Gasteiger partial charge on any atom is -0.341 e. The van der Waals surface area contributed by atoms with Crippen molar-refractivity contribution in [2.24, 2.45) is 5.73 Å². The fourth-order valence-corrected chi connectivity index (χ4v) is 4.75. The Kier molecular flexibility index (Phi) is 5.72. The molecule has 0 atom stereocenters. The van der Waals surface area contributed by atoms with Crippen LogP contribution in [0.15, 0.2) is 54.6 Å². The number of halogens is 1. The first-order chi connectivity index (χ1) is 16.4. The summed E-state index contributed by atoms with van der Waals surface area (Å²) in [6.07, 6.45) is 1.77. The Morgan fingerprint density at radius 1 is 0.971 bits per heavy atom. The summed E-state index contributed by atoms with van der Waals surface area (Å²) in [7, 11) is 0. The maximum absolute atomic E-state index is 14.6. The molecule has 6 heteroatoms. The van der Waals surface area contributed by atoms with Gasteiger partial charge in [-0.15, -0.1) is 0 Å². The zero-order valence-electron chi connectivity index (χ0n) is 19.3. The van der Waals surface area contributed by atoms with Gasteiger partial charge >= 0.3 is 0 Å². The SMILES string of the molecule is [C-]#[N+]c1ccc(-c2nc(N3CCC(N)CC3)nc3ccc(-c4c(C)cccc4C)cc23)cc1F. The third-order valence-electron chi connectivity index (χ3n) is 6.62. The molecule has 0 bridgehead atoms. The molecule has 5 rings (SSSR count). The molecule has 5 nitrogen and oxygen atoms in total.